The molecule has 3 aliphatic heterocycles. The zero-order valence-corrected chi connectivity index (χ0v) is 34.0. The lowest BCUT2D eigenvalue weighted by atomic mass is 9.86. The summed E-state index contributed by atoms with van der Waals surface area (Å²) in [7, 11) is 0. The third kappa shape index (κ3) is 8.59. The van der Waals surface area contributed by atoms with Gasteiger partial charge in [0.15, 0.2) is 17.1 Å². The van der Waals surface area contributed by atoms with Gasteiger partial charge in [-0.2, -0.15) is 0 Å². The van der Waals surface area contributed by atoms with E-state index in [-0.39, 0.29) is 68.2 Å². The molecule has 0 saturated heterocycles. The summed E-state index contributed by atoms with van der Waals surface area (Å²) in [5.41, 5.74) is -0.0655. The van der Waals surface area contributed by atoms with Crippen LogP contribution in [-0.2, 0) is 53.9 Å². The highest BCUT2D eigenvalue weighted by molar-refractivity contribution is 5.93. The fraction of sp³-hybridized carbons (Fsp3) is 0.537. The molecule has 0 unspecified atom stereocenters. The van der Waals surface area contributed by atoms with E-state index in [9.17, 15) is 33.9 Å². The second-order valence-corrected chi connectivity index (χ2v) is 16.3. The van der Waals surface area contributed by atoms with E-state index in [2.05, 4.69) is 21.3 Å². The predicted octanol–water partition coefficient (Wildman–Crippen LogP) is 3.01. The lowest BCUT2D eigenvalue weighted by molar-refractivity contribution is -0.172. The average molecular weight is 805 g/mol. The molecule has 3 aromatic rings. The first-order chi connectivity index (χ1) is 27.4. The molecule has 6 rings (SSSR count). The molecule has 0 bridgehead atoms. The number of unbranched alkanes of at least 4 members (excludes halogenated alkanes) is 1. The van der Waals surface area contributed by atoms with Crippen molar-refractivity contribution in [2.45, 2.75) is 111 Å². The molecule has 0 spiro atoms. The van der Waals surface area contributed by atoms with Crippen molar-refractivity contribution in [1.29, 1.82) is 0 Å². The quantitative estimate of drug-likeness (QED) is 0.0917. The number of esters is 1. The molecule has 0 fully saturated rings. The van der Waals surface area contributed by atoms with Gasteiger partial charge >= 0.3 is 12.1 Å². The van der Waals surface area contributed by atoms with Crippen molar-refractivity contribution in [3.05, 3.63) is 50.8 Å². The highest BCUT2D eigenvalue weighted by Gasteiger charge is 2.45. The number of carbonyl (C=O) groups is 5. The van der Waals surface area contributed by atoms with Crippen molar-refractivity contribution in [3.63, 3.8) is 0 Å². The number of amides is 4. The van der Waals surface area contributed by atoms with E-state index in [1.54, 1.807) is 52.8 Å². The fourth-order valence-corrected chi connectivity index (χ4v) is 7.15. The maximum absolute atomic E-state index is 13.9. The van der Waals surface area contributed by atoms with Crippen LogP contribution in [0.4, 0.5) is 4.79 Å². The Labute approximate surface area is 335 Å². The van der Waals surface area contributed by atoms with Gasteiger partial charge in [0.05, 0.1) is 35.6 Å². The van der Waals surface area contributed by atoms with Gasteiger partial charge < -0.3 is 49.9 Å². The largest absolute Gasteiger partial charge is 0.458 e. The molecule has 17 nitrogen and oxygen atoms in total. The van der Waals surface area contributed by atoms with E-state index in [4.69, 9.17) is 23.9 Å². The Bertz CT molecular complexity index is 2210. The minimum absolute atomic E-state index is 0.00541. The van der Waals surface area contributed by atoms with E-state index < -0.39 is 53.2 Å². The molecule has 0 aliphatic carbocycles. The summed E-state index contributed by atoms with van der Waals surface area (Å²) in [4.78, 5) is 83.3. The first kappa shape index (κ1) is 41.9. The van der Waals surface area contributed by atoms with Crippen LogP contribution in [0, 0.1) is 11.8 Å². The number of pyridine rings is 2. The Morgan fingerprint density at radius 2 is 1.69 bits per heavy atom. The summed E-state index contributed by atoms with van der Waals surface area (Å²) in [6.45, 7) is 12.3. The second kappa shape index (κ2) is 16.6. The minimum Gasteiger partial charge on any atom is -0.458 e. The van der Waals surface area contributed by atoms with Crippen molar-refractivity contribution in [2.24, 2.45) is 11.8 Å². The number of hydrogen-bond acceptors (Lipinski definition) is 12. The third-order valence-corrected chi connectivity index (χ3v) is 10.8. The van der Waals surface area contributed by atoms with Crippen molar-refractivity contribution in [3.8, 4) is 22.9 Å². The van der Waals surface area contributed by atoms with Crippen LogP contribution in [0.1, 0.15) is 96.4 Å². The van der Waals surface area contributed by atoms with Crippen LogP contribution in [0.2, 0.25) is 0 Å². The second-order valence-electron chi connectivity index (χ2n) is 16.3. The van der Waals surface area contributed by atoms with Gasteiger partial charge in [0, 0.05) is 41.6 Å². The van der Waals surface area contributed by atoms with Crippen molar-refractivity contribution < 1.29 is 48.0 Å². The van der Waals surface area contributed by atoms with Crippen LogP contribution in [0.25, 0.3) is 22.3 Å². The summed E-state index contributed by atoms with van der Waals surface area (Å²) in [5, 5.41) is 23.0. The Hall–Kier alpha value is -5.71. The van der Waals surface area contributed by atoms with Crippen LogP contribution < -0.4 is 36.3 Å². The van der Waals surface area contributed by atoms with Gasteiger partial charge in [0.2, 0.25) is 24.5 Å². The standard InChI is InChI=1S/C41H52N6O11/c1-8-41(54)27-14-30-34-25(18-47(30)37(51)26(27)19-55-38(41)52)24(23-13-31-32(57-20-56-31)15-29(23)45-34)16-43-33(48)17-44-36(50)28(46-35(49)22(4)21(2)3)11-9-10-12-42-39(53)58-40(5,6)7/h13-15,21-22,28,54H,8-12,16-20H2,1-7H3,(H,42,53)(H,43,48)(H,44,50)(H,46,49)/t22-,28-,41-/m0/s1. The molecule has 1 aromatic carbocycles. The van der Waals surface area contributed by atoms with Gasteiger partial charge in [-0.3, -0.25) is 19.2 Å². The first-order valence-corrected chi connectivity index (χ1v) is 19.7. The Morgan fingerprint density at radius 3 is 2.38 bits per heavy atom. The lowest BCUT2D eigenvalue weighted by Gasteiger charge is -2.31. The maximum Gasteiger partial charge on any atom is 0.407 e. The van der Waals surface area contributed by atoms with Crippen LogP contribution in [-0.4, -0.2) is 76.0 Å². The van der Waals surface area contributed by atoms with Crippen molar-refractivity contribution in [1.82, 2.24) is 30.8 Å². The van der Waals surface area contributed by atoms with Crippen LogP contribution in [0.15, 0.2) is 23.0 Å². The number of hydrogen-bond donors (Lipinski definition) is 5. The van der Waals surface area contributed by atoms with Crippen LogP contribution >= 0.6 is 0 Å². The molecule has 0 saturated carbocycles. The van der Waals surface area contributed by atoms with Crippen LogP contribution in [0.5, 0.6) is 11.5 Å². The number of rotatable bonds is 14. The number of aliphatic hydroxyl groups is 1. The maximum atomic E-state index is 13.9. The molecule has 0 radical (unpaired) electrons. The van der Waals surface area contributed by atoms with Crippen molar-refractivity contribution in [2.75, 3.05) is 19.9 Å². The molecule has 17 heteroatoms. The summed E-state index contributed by atoms with van der Waals surface area (Å²) in [6.07, 6.45) is 0.731. The van der Waals surface area contributed by atoms with Gasteiger partial charge in [-0.05, 0) is 70.1 Å². The van der Waals surface area contributed by atoms with Gasteiger partial charge in [-0.25, -0.2) is 14.6 Å². The van der Waals surface area contributed by atoms with E-state index in [0.717, 1.165) is 0 Å². The number of cyclic esters (lactones) is 1. The fourth-order valence-electron chi connectivity index (χ4n) is 7.15. The number of aromatic nitrogens is 2. The third-order valence-electron chi connectivity index (χ3n) is 10.8. The molecular formula is C41H52N6O11. The number of benzene rings is 1. The van der Waals surface area contributed by atoms with E-state index in [1.807, 2.05) is 13.8 Å². The molecule has 3 aliphatic rings. The Balaban J connectivity index is 1.18. The number of alkyl carbamates (subject to hydrolysis) is 1. The normalized spacial score (nSPS) is 17.4. The van der Waals surface area contributed by atoms with Gasteiger partial charge in [-0.15, -0.1) is 0 Å². The molecule has 2 aromatic heterocycles. The monoisotopic (exact) mass is 804 g/mol. The molecule has 58 heavy (non-hydrogen) atoms. The van der Waals surface area contributed by atoms with Crippen LogP contribution in [0.3, 0.4) is 0 Å². The summed E-state index contributed by atoms with van der Waals surface area (Å²) < 4.78 is 23.2. The summed E-state index contributed by atoms with van der Waals surface area (Å²) in [5.74, 6) is -1.52. The molecule has 3 atom stereocenters. The SMILES string of the molecule is CC[C@@]1(O)C(=O)OCc2c1cc1n(c2=O)Cc2c-1nc1cc3c(cc1c2CNC(=O)CNC(=O)[C@H](CCCCNC(=O)OC(C)(C)C)NC(=O)[C@@H](C)C(C)C)OCO3. The number of carbonyl (C=O) groups excluding carboxylic acids is 5. The first-order valence-electron chi connectivity index (χ1n) is 19.7. The molecular weight excluding hydrogens is 752 g/mol. The number of ether oxygens (including phenoxy) is 4. The molecule has 5 heterocycles. The van der Waals surface area contributed by atoms with Crippen molar-refractivity contribution >= 4 is 40.7 Å². The zero-order valence-electron chi connectivity index (χ0n) is 34.0. The highest BCUT2D eigenvalue weighted by atomic mass is 16.7. The zero-order chi connectivity index (χ0) is 42.1. The average Bonchev–Trinajstić information content (AvgIpc) is 3.78. The predicted molar refractivity (Wildman–Crippen MR) is 210 cm³/mol. The number of nitrogens with one attached hydrogen (secondary N) is 4. The Morgan fingerprint density at radius 1 is 0.966 bits per heavy atom. The summed E-state index contributed by atoms with van der Waals surface area (Å²) >= 11 is 0. The van der Waals surface area contributed by atoms with Gasteiger partial charge in [-0.1, -0.05) is 27.7 Å². The van der Waals surface area contributed by atoms with E-state index >= 15 is 0 Å². The molecule has 4 amide bonds. The lowest BCUT2D eigenvalue weighted by Crippen LogP contribution is -2.50. The minimum atomic E-state index is -2.00. The molecule has 5 N–H and O–H groups in total. The topological polar surface area (TPSA) is 226 Å². The highest BCUT2D eigenvalue weighted by Crippen LogP contribution is 2.43. The van der Waals surface area contributed by atoms with Gasteiger partial charge in [0.25, 0.3) is 5.56 Å². The smallest absolute Gasteiger partial charge is 0.407 e. The number of nitrogens with zero attached hydrogens (tertiary/aromatic N) is 2. The van der Waals surface area contributed by atoms with E-state index in [0.29, 0.717) is 64.3 Å². The molecule has 312 valence electrons. The van der Waals surface area contributed by atoms with Gasteiger partial charge in [0.1, 0.15) is 18.2 Å². The Kier molecular flexibility index (Phi) is 12.0. The summed E-state index contributed by atoms with van der Waals surface area (Å²) in [6, 6.07) is 4.17. The number of fused-ring (bicyclic) bond motifs is 6. The van der Waals surface area contributed by atoms with E-state index in [1.165, 1.54) is 4.57 Å².